The summed E-state index contributed by atoms with van der Waals surface area (Å²) in [5.74, 6) is 0. The first-order valence-corrected chi connectivity index (χ1v) is 5.00. The zero-order valence-electron chi connectivity index (χ0n) is 9.11. The van der Waals surface area contributed by atoms with Crippen molar-refractivity contribution in [2.24, 2.45) is 0 Å². The van der Waals surface area contributed by atoms with Gasteiger partial charge in [0.15, 0.2) is 17.7 Å². The van der Waals surface area contributed by atoms with Gasteiger partial charge in [0.05, 0.1) is 6.10 Å². The maximum atomic E-state index is 12.6. The smallest absolute Gasteiger partial charge is 0.393 e. The molecule has 0 aliphatic rings. The topological polar surface area (TPSA) is 68.0 Å². The first-order chi connectivity index (χ1) is 7.86. The first-order valence-electron chi connectivity index (χ1n) is 5.00. The van der Waals surface area contributed by atoms with Crippen molar-refractivity contribution in [1.82, 2.24) is 15.0 Å². The lowest BCUT2D eigenvalue weighted by atomic mass is 10.2. The third-order valence-corrected chi connectivity index (χ3v) is 2.13. The number of aromatic nitrogens is 3. The number of aldehydes is 1. The Morgan fingerprint density at radius 1 is 1.53 bits per heavy atom. The Labute approximate surface area is 95.2 Å². The van der Waals surface area contributed by atoms with Gasteiger partial charge in [0.1, 0.15) is 0 Å². The minimum Gasteiger partial charge on any atom is -0.393 e. The average molecular weight is 251 g/mol. The zero-order valence-corrected chi connectivity index (χ0v) is 9.11. The van der Waals surface area contributed by atoms with Crippen LogP contribution in [0.5, 0.6) is 0 Å². The Kier molecular flexibility index (Phi) is 4.22. The highest BCUT2D eigenvalue weighted by Gasteiger charge is 2.39. The van der Waals surface area contributed by atoms with E-state index in [0.29, 0.717) is 17.5 Å². The number of hydrogen-bond donors (Lipinski definition) is 1. The molecule has 1 rings (SSSR count). The quantitative estimate of drug-likeness (QED) is 0.800. The molecular formula is C9H12F3N3O2. The lowest BCUT2D eigenvalue weighted by Crippen LogP contribution is -2.17. The molecule has 0 aromatic carbocycles. The highest BCUT2D eigenvalue weighted by Crippen LogP contribution is 2.30. The molecule has 1 aromatic rings. The van der Waals surface area contributed by atoms with E-state index < -0.39 is 23.7 Å². The van der Waals surface area contributed by atoms with Crippen LogP contribution in [0, 0.1) is 0 Å². The monoisotopic (exact) mass is 251 g/mol. The summed E-state index contributed by atoms with van der Waals surface area (Å²) in [4.78, 5) is 10.4. The fourth-order valence-electron chi connectivity index (χ4n) is 1.39. The van der Waals surface area contributed by atoms with Crippen molar-refractivity contribution in [3.63, 3.8) is 0 Å². The molecule has 0 amide bonds. The van der Waals surface area contributed by atoms with E-state index in [9.17, 15) is 18.0 Å². The average Bonchev–Trinajstić information content (AvgIpc) is 2.59. The molecule has 1 atom stereocenters. The normalized spacial score (nSPS) is 13.7. The van der Waals surface area contributed by atoms with Crippen LogP contribution >= 0.6 is 0 Å². The van der Waals surface area contributed by atoms with E-state index in [2.05, 4.69) is 10.3 Å². The van der Waals surface area contributed by atoms with Crippen LogP contribution in [0.4, 0.5) is 13.2 Å². The van der Waals surface area contributed by atoms with Crippen molar-refractivity contribution < 1.29 is 23.1 Å². The van der Waals surface area contributed by atoms with E-state index in [1.54, 1.807) is 6.92 Å². The van der Waals surface area contributed by atoms with Crippen LogP contribution < -0.4 is 0 Å². The molecule has 8 heteroatoms. The summed E-state index contributed by atoms with van der Waals surface area (Å²) in [5, 5.41) is 15.4. The van der Waals surface area contributed by atoms with E-state index in [0.717, 1.165) is 0 Å². The number of alkyl halides is 3. The van der Waals surface area contributed by atoms with Crippen LogP contribution in [0.25, 0.3) is 0 Å². The van der Waals surface area contributed by atoms with Gasteiger partial charge in [0.2, 0.25) is 0 Å². The lowest BCUT2D eigenvalue weighted by molar-refractivity contribution is -0.144. The molecule has 17 heavy (non-hydrogen) atoms. The van der Waals surface area contributed by atoms with E-state index in [4.69, 9.17) is 5.11 Å². The maximum Gasteiger partial charge on any atom is 0.435 e. The van der Waals surface area contributed by atoms with Crippen molar-refractivity contribution in [2.75, 3.05) is 0 Å². The Balaban J connectivity index is 2.85. The van der Waals surface area contributed by atoms with Gasteiger partial charge in [0.25, 0.3) is 0 Å². The second-order valence-electron chi connectivity index (χ2n) is 3.65. The second kappa shape index (κ2) is 5.26. The number of rotatable bonds is 5. The molecule has 5 nitrogen and oxygen atoms in total. The molecule has 0 spiro atoms. The minimum atomic E-state index is -4.66. The summed E-state index contributed by atoms with van der Waals surface area (Å²) >= 11 is 0. The minimum absolute atomic E-state index is 0.0288. The van der Waals surface area contributed by atoms with Gasteiger partial charge in [-0.3, -0.25) is 4.79 Å². The van der Waals surface area contributed by atoms with Crippen molar-refractivity contribution in [2.45, 2.75) is 38.6 Å². The molecule has 0 aliphatic heterocycles. The molecular weight excluding hydrogens is 239 g/mol. The molecule has 0 aliphatic carbocycles. The Hall–Kier alpha value is -1.44. The fraction of sp³-hybridized carbons (Fsp3) is 0.667. The highest BCUT2D eigenvalue weighted by atomic mass is 19.4. The lowest BCUT2D eigenvalue weighted by Gasteiger charge is -2.10. The number of aliphatic hydroxyl groups is 1. The summed E-state index contributed by atoms with van der Waals surface area (Å²) in [6, 6.07) is 0. The van der Waals surface area contributed by atoms with Crippen LogP contribution in [0.15, 0.2) is 0 Å². The van der Waals surface area contributed by atoms with E-state index in [-0.39, 0.29) is 12.8 Å². The molecule has 0 saturated carbocycles. The second-order valence-corrected chi connectivity index (χ2v) is 3.65. The number of halogens is 3. The van der Waals surface area contributed by atoms with Crippen LogP contribution in [-0.4, -0.2) is 32.5 Å². The predicted molar refractivity (Wildman–Crippen MR) is 51.3 cm³/mol. The predicted octanol–water partition coefficient (Wildman–Crippen LogP) is 1.27. The SMILES string of the molecule is CC(O)CCCn1nnc(C=O)c1C(F)(F)F. The summed E-state index contributed by atoms with van der Waals surface area (Å²) in [7, 11) is 0. The summed E-state index contributed by atoms with van der Waals surface area (Å²) in [6.07, 6.45) is -4.54. The molecule has 1 heterocycles. The number of nitrogens with zero attached hydrogens (tertiary/aromatic N) is 3. The van der Waals surface area contributed by atoms with Gasteiger partial charge >= 0.3 is 6.18 Å². The highest BCUT2D eigenvalue weighted by molar-refractivity contribution is 5.73. The molecule has 1 N–H and O–H groups in total. The third kappa shape index (κ3) is 3.52. The summed E-state index contributed by atoms with van der Waals surface area (Å²) in [6.45, 7) is 1.50. The van der Waals surface area contributed by atoms with Crippen molar-refractivity contribution in [3.8, 4) is 0 Å². The molecule has 0 fully saturated rings. The number of carbonyl (C=O) groups excluding carboxylic acids is 1. The van der Waals surface area contributed by atoms with Crippen LogP contribution in [0.1, 0.15) is 35.9 Å². The molecule has 96 valence electrons. The van der Waals surface area contributed by atoms with Crippen molar-refractivity contribution in [3.05, 3.63) is 11.4 Å². The molecule has 0 radical (unpaired) electrons. The molecule has 1 aromatic heterocycles. The fourth-order valence-corrected chi connectivity index (χ4v) is 1.39. The Morgan fingerprint density at radius 3 is 2.65 bits per heavy atom. The van der Waals surface area contributed by atoms with Crippen molar-refractivity contribution in [1.29, 1.82) is 0 Å². The maximum absolute atomic E-state index is 12.6. The Morgan fingerprint density at radius 2 is 2.18 bits per heavy atom. The van der Waals surface area contributed by atoms with Crippen LogP contribution in [0.3, 0.4) is 0 Å². The van der Waals surface area contributed by atoms with E-state index in [1.165, 1.54) is 0 Å². The van der Waals surface area contributed by atoms with E-state index in [1.807, 2.05) is 0 Å². The number of aliphatic hydroxyl groups excluding tert-OH is 1. The van der Waals surface area contributed by atoms with Gasteiger partial charge in [0, 0.05) is 6.54 Å². The van der Waals surface area contributed by atoms with E-state index >= 15 is 0 Å². The van der Waals surface area contributed by atoms with Crippen LogP contribution in [-0.2, 0) is 12.7 Å². The Bertz CT molecular complexity index is 387. The third-order valence-electron chi connectivity index (χ3n) is 2.13. The summed E-state index contributed by atoms with van der Waals surface area (Å²) < 4.78 is 38.5. The van der Waals surface area contributed by atoms with Crippen LogP contribution in [0.2, 0.25) is 0 Å². The van der Waals surface area contributed by atoms with Gasteiger partial charge in [-0.05, 0) is 19.8 Å². The molecule has 0 saturated heterocycles. The van der Waals surface area contributed by atoms with Crippen molar-refractivity contribution >= 4 is 6.29 Å². The largest absolute Gasteiger partial charge is 0.435 e. The number of hydrogen-bond acceptors (Lipinski definition) is 4. The zero-order chi connectivity index (χ0) is 13.1. The van der Waals surface area contributed by atoms with Gasteiger partial charge in [-0.25, -0.2) is 4.68 Å². The molecule has 0 bridgehead atoms. The number of aryl methyl sites for hydroxylation is 1. The van der Waals surface area contributed by atoms with Gasteiger partial charge < -0.3 is 5.11 Å². The van der Waals surface area contributed by atoms with Gasteiger partial charge in [-0.2, -0.15) is 13.2 Å². The van der Waals surface area contributed by atoms with Gasteiger partial charge in [-0.1, -0.05) is 5.21 Å². The first kappa shape index (κ1) is 13.6. The standard InChI is InChI=1S/C9H12F3N3O2/c1-6(17)3-2-4-15-8(9(10,11)12)7(5-16)13-14-15/h5-6,17H,2-4H2,1H3. The summed E-state index contributed by atoms with van der Waals surface area (Å²) in [5.41, 5.74) is -1.85. The molecule has 1 unspecified atom stereocenters. The number of carbonyl (C=O) groups is 1. The van der Waals surface area contributed by atoms with Gasteiger partial charge in [-0.15, -0.1) is 5.10 Å².